The summed E-state index contributed by atoms with van der Waals surface area (Å²) in [5.74, 6) is 1.18. The Hall–Kier alpha value is -2.49. The van der Waals surface area contributed by atoms with Gasteiger partial charge in [-0.15, -0.1) is 24.0 Å². The second kappa shape index (κ2) is 11.1. The first kappa shape index (κ1) is 23.8. The fraction of sp³-hybridized carbons (Fsp3) is 0.364. The average molecular weight is 523 g/mol. The van der Waals surface area contributed by atoms with E-state index < -0.39 is 0 Å². The van der Waals surface area contributed by atoms with Gasteiger partial charge in [-0.3, -0.25) is 9.79 Å². The van der Waals surface area contributed by atoms with Gasteiger partial charge in [0.15, 0.2) is 5.96 Å². The number of aromatic hydroxyl groups is 1. The van der Waals surface area contributed by atoms with Crippen LogP contribution in [0.3, 0.4) is 0 Å². The number of carbonyl (C=O) groups is 1. The number of phenols is 1. The smallest absolute Gasteiger partial charge is 0.253 e. The van der Waals surface area contributed by atoms with Crippen LogP contribution in [0.15, 0.2) is 53.5 Å². The monoisotopic (exact) mass is 523 g/mol. The van der Waals surface area contributed by atoms with Crippen LogP contribution in [-0.2, 0) is 6.54 Å². The molecule has 1 aliphatic rings. The van der Waals surface area contributed by atoms with Gasteiger partial charge < -0.3 is 25.1 Å². The first-order chi connectivity index (χ1) is 14.0. The second-order valence-electron chi connectivity index (χ2n) is 7.26. The molecule has 0 bridgehead atoms. The van der Waals surface area contributed by atoms with E-state index >= 15 is 0 Å². The summed E-state index contributed by atoms with van der Waals surface area (Å²) in [6.07, 6.45) is 0. The van der Waals surface area contributed by atoms with Crippen LogP contribution < -0.4 is 10.2 Å². The molecule has 30 heavy (non-hydrogen) atoms. The Morgan fingerprint density at radius 1 is 1.07 bits per heavy atom. The molecule has 0 spiro atoms. The number of carbonyl (C=O) groups excluding carboxylic acids is 1. The van der Waals surface area contributed by atoms with Crippen molar-refractivity contribution in [2.45, 2.75) is 6.54 Å². The zero-order valence-electron chi connectivity index (χ0n) is 17.7. The van der Waals surface area contributed by atoms with Gasteiger partial charge in [-0.2, -0.15) is 0 Å². The predicted molar refractivity (Wildman–Crippen MR) is 132 cm³/mol. The number of phenolic OH excluding ortho intramolecular Hbond substituents is 1. The highest BCUT2D eigenvalue weighted by Gasteiger charge is 2.21. The third kappa shape index (κ3) is 5.78. The highest BCUT2D eigenvalue weighted by molar-refractivity contribution is 14.0. The Morgan fingerprint density at radius 3 is 2.27 bits per heavy atom. The summed E-state index contributed by atoms with van der Waals surface area (Å²) in [6, 6.07) is 15.1. The van der Waals surface area contributed by atoms with Crippen LogP contribution in [0.2, 0.25) is 0 Å². The number of halogens is 1. The largest absolute Gasteiger partial charge is 0.506 e. The van der Waals surface area contributed by atoms with Gasteiger partial charge in [-0.25, -0.2) is 0 Å². The van der Waals surface area contributed by atoms with E-state index in [2.05, 4.69) is 20.1 Å². The Bertz CT molecular complexity index is 862. The SMILES string of the molecule is CN=C(NCc1ccc(C(=O)N(C)C)cc1)N1CCN(c2ccccc2O)CC1.I. The molecule has 2 aromatic rings. The van der Waals surface area contributed by atoms with Crippen LogP contribution in [0.4, 0.5) is 5.69 Å². The standard InChI is InChI=1S/C22H29N5O2.HI/c1-23-22(24-16-17-8-10-18(11-9-17)21(29)25(2)3)27-14-12-26(13-15-27)19-6-4-5-7-20(19)28;/h4-11,28H,12-16H2,1-3H3,(H,23,24);1H. The number of nitrogens with zero attached hydrogens (tertiary/aromatic N) is 4. The number of hydrogen-bond donors (Lipinski definition) is 2. The van der Waals surface area contributed by atoms with Crippen molar-refractivity contribution in [2.24, 2.45) is 4.99 Å². The molecule has 162 valence electrons. The highest BCUT2D eigenvalue weighted by atomic mass is 127. The highest BCUT2D eigenvalue weighted by Crippen LogP contribution is 2.27. The van der Waals surface area contributed by atoms with E-state index in [-0.39, 0.29) is 29.9 Å². The molecular weight excluding hydrogens is 493 g/mol. The van der Waals surface area contributed by atoms with Gasteiger partial charge in [0, 0.05) is 59.4 Å². The first-order valence-corrected chi connectivity index (χ1v) is 9.78. The maximum atomic E-state index is 12.0. The quantitative estimate of drug-likeness (QED) is 0.367. The Labute approximate surface area is 195 Å². The lowest BCUT2D eigenvalue weighted by molar-refractivity contribution is 0.0827. The van der Waals surface area contributed by atoms with Crippen molar-refractivity contribution >= 4 is 41.5 Å². The molecule has 1 aliphatic heterocycles. The molecule has 2 N–H and O–H groups in total. The molecule has 0 atom stereocenters. The van der Waals surface area contributed by atoms with Crippen LogP contribution in [-0.4, -0.2) is 74.1 Å². The Kier molecular flexibility index (Phi) is 8.76. The van der Waals surface area contributed by atoms with Gasteiger partial charge in [0.25, 0.3) is 5.91 Å². The van der Waals surface area contributed by atoms with E-state index in [0.29, 0.717) is 17.9 Å². The summed E-state index contributed by atoms with van der Waals surface area (Å²) >= 11 is 0. The lowest BCUT2D eigenvalue weighted by Crippen LogP contribution is -2.52. The van der Waals surface area contributed by atoms with Crippen molar-refractivity contribution in [3.05, 3.63) is 59.7 Å². The number of anilines is 1. The summed E-state index contributed by atoms with van der Waals surface area (Å²) in [5, 5.41) is 13.5. The van der Waals surface area contributed by atoms with Gasteiger partial charge in [0.2, 0.25) is 0 Å². The number of benzene rings is 2. The molecule has 0 unspecified atom stereocenters. The Balaban J connectivity index is 0.00000320. The van der Waals surface area contributed by atoms with Gasteiger partial charge in [0.1, 0.15) is 5.75 Å². The maximum Gasteiger partial charge on any atom is 0.253 e. The summed E-state index contributed by atoms with van der Waals surface area (Å²) in [6.45, 7) is 3.93. The molecule has 0 radical (unpaired) electrons. The van der Waals surface area contributed by atoms with E-state index in [0.717, 1.165) is 43.4 Å². The fourth-order valence-corrected chi connectivity index (χ4v) is 3.43. The van der Waals surface area contributed by atoms with Crippen molar-refractivity contribution < 1.29 is 9.90 Å². The maximum absolute atomic E-state index is 12.0. The molecule has 1 fully saturated rings. The van der Waals surface area contributed by atoms with E-state index in [1.54, 1.807) is 32.1 Å². The number of piperazine rings is 1. The van der Waals surface area contributed by atoms with Crippen LogP contribution >= 0.6 is 24.0 Å². The minimum atomic E-state index is 0. The van der Waals surface area contributed by atoms with E-state index in [1.165, 1.54) is 0 Å². The molecule has 1 saturated heterocycles. The minimum Gasteiger partial charge on any atom is -0.506 e. The average Bonchev–Trinajstić information content (AvgIpc) is 2.75. The molecule has 0 saturated carbocycles. The van der Waals surface area contributed by atoms with Crippen LogP contribution in [0, 0.1) is 0 Å². The molecule has 3 rings (SSSR count). The number of nitrogens with one attached hydrogen (secondary N) is 1. The normalized spacial score (nSPS) is 14.2. The second-order valence-corrected chi connectivity index (χ2v) is 7.26. The van der Waals surface area contributed by atoms with E-state index in [9.17, 15) is 9.90 Å². The fourth-order valence-electron chi connectivity index (χ4n) is 3.43. The summed E-state index contributed by atoms with van der Waals surface area (Å²) < 4.78 is 0. The van der Waals surface area contributed by atoms with Crippen LogP contribution in [0.5, 0.6) is 5.75 Å². The van der Waals surface area contributed by atoms with Crippen LogP contribution in [0.1, 0.15) is 15.9 Å². The zero-order chi connectivity index (χ0) is 20.8. The van der Waals surface area contributed by atoms with Crippen molar-refractivity contribution in [3.63, 3.8) is 0 Å². The van der Waals surface area contributed by atoms with E-state index in [4.69, 9.17) is 0 Å². The summed E-state index contributed by atoms with van der Waals surface area (Å²) in [5.41, 5.74) is 2.65. The number of hydrogen-bond acceptors (Lipinski definition) is 4. The molecule has 1 heterocycles. The van der Waals surface area contributed by atoms with E-state index in [1.807, 2.05) is 42.5 Å². The molecule has 8 heteroatoms. The van der Waals surface area contributed by atoms with Crippen molar-refractivity contribution in [2.75, 3.05) is 52.2 Å². The van der Waals surface area contributed by atoms with Gasteiger partial charge in [-0.1, -0.05) is 24.3 Å². The predicted octanol–water partition coefficient (Wildman–Crippen LogP) is 2.61. The van der Waals surface area contributed by atoms with Gasteiger partial charge in [-0.05, 0) is 29.8 Å². The number of para-hydroxylation sites is 2. The first-order valence-electron chi connectivity index (χ1n) is 9.78. The molecule has 2 aromatic carbocycles. The minimum absolute atomic E-state index is 0. The van der Waals surface area contributed by atoms with Crippen molar-refractivity contribution in [1.82, 2.24) is 15.1 Å². The summed E-state index contributed by atoms with van der Waals surface area (Å²) in [7, 11) is 5.29. The zero-order valence-corrected chi connectivity index (χ0v) is 20.0. The molecule has 1 amide bonds. The lowest BCUT2D eigenvalue weighted by Gasteiger charge is -2.37. The molecule has 7 nitrogen and oxygen atoms in total. The number of aliphatic imine (C=N–C) groups is 1. The van der Waals surface area contributed by atoms with Crippen molar-refractivity contribution in [1.29, 1.82) is 0 Å². The van der Waals surface area contributed by atoms with Crippen molar-refractivity contribution in [3.8, 4) is 5.75 Å². The van der Waals surface area contributed by atoms with Gasteiger partial charge in [0.05, 0.1) is 5.69 Å². The molecular formula is C22H30IN5O2. The number of guanidine groups is 1. The number of rotatable bonds is 4. The number of amides is 1. The summed E-state index contributed by atoms with van der Waals surface area (Å²) in [4.78, 5) is 22.4. The topological polar surface area (TPSA) is 71.4 Å². The molecule has 0 aliphatic carbocycles. The lowest BCUT2D eigenvalue weighted by atomic mass is 10.1. The van der Waals surface area contributed by atoms with Crippen LogP contribution in [0.25, 0.3) is 0 Å². The molecule has 0 aromatic heterocycles. The third-order valence-corrected chi connectivity index (χ3v) is 5.07. The Morgan fingerprint density at radius 2 is 1.70 bits per heavy atom. The third-order valence-electron chi connectivity index (χ3n) is 5.07. The van der Waals surface area contributed by atoms with Gasteiger partial charge >= 0.3 is 0 Å².